The van der Waals surface area contributed by atoms with Crippen LogP contribution in [0.1, 0.15) is 23.1 Å². The summed E-state index contributed by atoms with van der Waals surface area (Å²) in [5, 5.41) is 2.87. The summed E-state index contributed by atoms with van der Waals surface area (Å²) in [6, 6.07) is 10.2. The molecule has 0 saturated carbocycles. The predicted molar refractivity (Wildman–Crippen MR) is 84.8 cm³/mol. The fourth-order valence-electron chi connectivity index (χ4n) is 1.86. The second-order valence-electron chi connectivity index (χ2n) is 4.87. The van der Waals surface area contributed by atoms with E-state index in [4.69, 9.17) is 0 Å². The van der Waals surface area contributed by atoms with Gasteiger partial charge in [0.1, 0.15) is 4.60 Å². The molecule has 0 aliphatic carbocycles. The van der Waals surface area contributed by atoms with Gasteiger partial charge in [0.2, 0.25) is 5.91 Å². The monoisotopic (exact) mass is 332 g/mol. The largest absolute Gasteiger partial charge is 0.325 e. The van der Waals surface area contributed by atoms with Gasteiger partial charge >= 0.3 is 0 Å². The molecule has 1 aromatic heterocycles. The summed E-state index contributed by atoms with van der Waals surface area (Å²) < 4.78 is 0.801. The van der Waals surface area contributed by atoms with Gasteiger partial charge in [0.25, 0.3) is 0 Å². The zero-order valence-electron chi connectivity index (χ0n) is 11.6. The third kappa shape index (κ3) is 4.17. The molecule has 1 aromatic carbocycles. The molecule has 0 fully saturated rings. The Morgan fingerprint density at radius 2 is 1.95 bits per heavy atom. The van der Waals surface area contributed by atoms with Gasteiger partial charge in [0.15, 0.2) is 0 Å². The average Bonchev–Trinajstić information content (AvgIpc) is 2.42. The van der Waals surface area contributed by atoms with E-state index in [0.29, 0.717) is 6.42 Å². The van der Waals surface area contributed by atoms with Crippen LogP contribution in [0.3, 0.4) is 0 Å². The molecule has 2 rings (SSSR count). The number of amides is 1. The van der Waals surface area contributed by atoms with E-state index >= 15 is 0 Å². The van der Waals surface area contributed by atoms with E-state index in [0.717, 1.165) is 22.3 Å². The second kappa shape index (κ2) is 6.66. The van der Waals surface area contributed by atoms with Crippen LogP contribution in [0.15, 0.2) is 41.1 Å². The first-order chi connectivity index (χ1) is 9.54. The fraction of sp³-hybridized carbons (Fsp3) is 0.250. The van der Waals surface area contributed by atoms with Crippen LogP contribution in [-0.4, -0.2) is 10.9 Å². The highest BCUT2D eigenvalue weighted by molar-refractivity contribution is 9.10. The molecule has 0 bridgehead atoms. The van der Waals surface area contributed by atoms with Crippen molar-refractivity contribution in [2.75, 3.05) is 5.32 Å². The fourth-order valence-corrected chi connectivity index (χ4v) is 2.08. The molecule has 1 heterocycles. The van der Waals surface area contributed by atoms with Crippen LogP contribution in [0.25, 0.3) is 0 Å². The number of hydrogen-bond acceptors (Lipinski definition) is 2. The van der Waals surface area contributed by atoms with Crippen LogP contribution >= 0.6 is 15.9 Å². The zero-order valence-corrected chi connectivity index (χ0v) is 13.2. The van der Waals surface area contributed by atoms with Crippen molar-refractivity contribution in [3.63, 3.8) is 0 Å². The number of benzene rings is 1. The van der Waals surface area contributed by atoms with Gasteiger partial charge in [-0.25, -0.2) is 4.98 Å². The maximum atomic E-state index is 11.9. The molecule has 1 amide bonds. The summed E-state index contributed by atoms with van der Waals surface area (Å²) in [5.41, 5.74) is 4.14. The Balaban J connectivity index is 1.89. The Morgan fingerprint density at radius 1 is 1.25 bits per heavy atom. The summed E-state index contributed by atoms with van der Waals surface area (Å²) >= 11 is 3.34. The minimum Gasteiger partial charge on any atom is -0.325 e. The van der Waals surface area contributed by atoms with Crippen molar-refractivity contribution < 1.29 is 4.79 Å². The van der Waals surface area contributed by atoms with Gasteiger partial charge in [-0.15, -0.1) is 0 Å². The summed E-state index contributed by atoms with van der Waals surface area (Å²) in [7, 11) is 0. The number of nitrogens with one attached hydrogen (secondary N) is 1. The lowest BCUT2D eigenvalue weighted by Crippen LogP contribution is -2.12. The van der Waals surface area contributed by atoms with Gasteiger partial charge in [-0.05, 0) is 53.4 Å². The van der Waals surface area contributed by atoms with E-state index in [1.54, 1.807) is 6.20 Å². The number of anilines is 1. The van der Waals surface area contributed by atoms with Crippen LogP contribution in [0, 0.1) is 13.8 Å². The Bertz CT molecular complexity index is 608. The summed E-state index contributed by atoms with van der Waals surface area (Å²) in [6.07, 6.45) is 2.87. The van der Waals surface area contributed by atoms with Crippen LogP contribution in [0.5, 0.6) is 0 Å². The number of carbonyl (C=O) groups excluding carboxylic acids is 1. The molecule has 104 valence electrons. The number of nitrogens with zero attached hydrogens (tertiary/aromatic N) is 1. The minimum absolute atomic E-state index is 0.00842. The molecule has 20 heavy (non-hydrogen) atoms. The minimum atomic E-state index is 0.00842. The van der Waals surface area contributed by atoms with Crippen molar-refractivity contribution in [1.82, 2.24) is 4.98 Å². The highest BCUT2D eigenvalue weighted by Crippen LogP contribution is 2.17. The Labute approximate surface area is 127 Å². The van der Waals surface area contributed by atoms with Crippen LogP contribution < -0.4 is 5.32 Å². The average molecular weight is 333 g/mol. The number of halogens is 1. The quantitative estimate of drug-likeness (QED) is 0.859. The molecule has 0 aliphatic rings. The standard InChI is InChI=1S/C16H17BrN2O/c1-11-3-5-13(6-4-11)7-8-15(20)19-14-9-12(2)16(17)18-10-14/h3-6,9-10H,7-8H2,1-2H3,(H,19,20). The molecule has 3 nitrogen and oxygen atoms in total. The Kier molecular flexibility index (Phi) is 4.90. The lowest BCUT2D eigenvalue weighted by molar-refractivity contribution is -0.116. The topological polar surface area (TPSA) is 42.0 Å². The smallest absolute Gasteiger partial charge is 0.224 e. The molecule has 0 unspecified atom stereocenters. The number of hydrogen-bond donors (Lipinski definition) is 1. The van der Waals surface area contributed by atoms with E-state index < -0.39 is 0 Å². The maximum absolute atomic E-state index is 11.9. The molecular formula is C16H17BrN2O. The van der Waals surface area contributed by atoms with Crippen molar-refractivity contribution in [3.8, 4) is 0 Å². The van der Waals surface area contributed by atoms with Crippen molar-refractivity contribution in [2.24, 2.45) is 0 Å². The lowest BCUT2D eigenvalue weighted by Gasteiger charge is -2.07. The highest BCUT2D eigenvalue weighted by Gasteiger charge is 2.05. The first kappa shape index (κ1) is 14.7. The number of aromatic nitrogens is 1. The Hall–Kier alpha value is -1.68. The number of rotatable bonds is 4. The first-order valence-corrected chi connectivity index (χ1v) is 7.31. The third-order valence-corrected chi connectivity index (χ3v) is 3.89. The van der Waals surface area contributed by atoms with Gasteiger partial charge < -0.3 is 5.32 Å². The van der Waals surface area contributed by atoms with Crippen molar-refractivity contribution in [3.05, 3.63) is 57.8 Å². The van der Waals surface area contributed by atoms with Gasteiger partial charge in [0, 0.05) is 6.42 Å². The zero-order chi connectivity index (χ0) is 14.5. The van der Waals surface area contributed by atoms with E-state index in [2.05, 4.69) is 57.4 Å². The number of pyridine rings is 1. The van der Waals surface area contributed by atoms with Gasteiger partial charge in [-0.1, -0.05) is 29.8 Å². The van der Waals surface area contributed by atoms with Crippen LogP contribution in [-0.2, 0) is 11.2 Å². The van der Waals surface area contributed by atoms with Gasteiger partial charge in [-0.3, -0.25) is 4.79 Å². The van der Waals surface area contributed by atoms with Crippen molar-refractivity contribution >= 4 is 27.5 Å². The molecule has 4 heteroatoms. The SMILES string of the molecule is Cc1ccc(CCC(=O)Nc2cnc(Br)c(C)c2)cc1. The molecule has 0 radical (unpaired) electrons. The number of carbonyl (C=O) groups is 1. The van der Waals surface area contributed by atoms with Gasteiger partial charge in [0.05, 0.1) is 11.9 Å². The summed E-state index contributed by atoms with van der Waals surface area (Å²) in [4.78, 5) is 16.1. The molecule has 0 aliphatic heterocycles. The second-order valence-corrected chi connectivity index (χ2v) is 5.62. The van der Waals surface area contributed by atoms with Crippen molar-refractivity contribution in [2.45, 2.75) is 26.7 Å². The van der Waals surface area contributed by atoms with E-state index in [9.17, 15) is 4.79 Å². The van der Waals surface area contributed by atoms with E-state index in [1.165, 1.54) is 11.1 Å². The van der Waals surface area contributed by atoms with Crippen molar-refractivity contribution in [1.29, 1.82) is 0 Å². The van der Waals surface area contributed by atoms with E-state index in [1.807, 2.05) is 13.0 Å². The molecule has 1 N–H and O–H groups in total. The maximum Gasteiger partial charge on any atom is 0.224 e. The predicted octanol–water partition coefficient (Wildman–Crippen LogP) is 4.03. The summed E-state index contributed by atoms with van der Waals surface area (Å²) in [5.74, 6) is 0.00842. The normalized spacial score (nSPS) is 10.3. The first-order valence-electron chi connectivity index (χ1n) is 6.52. The van der Waals surface area contributed by atoms with Gasteiger partial charge in [-0.2, -0.15) is 0 Å². The third-order valence-electron chi connectivity index (χ3n) is 3.06. The van der Waals surface area contributed by atoms with E-state index in [-0.39, 0.29) is 5.91 Å². The lowest BCUT2D eigenvalue weighted by atomic mass is 10.1. The molecule has 0 atom stereocenters. The molecule has 0 spiro atoms. The number of aryl methyl sites for hydroxylation is 3. The molecule has 0 saturated heterocycles. The molecule has 2 aromatic rings. The van der Waals surface area contributed by atoms with Crippen LogP contribution in [0.4, 0.5) is 5.69 Å². The Morgan fingerprint density at radius 3 is 2.60 bits per heavy atom. The highest BCUT2D eigenvalue weighted by atomic mass is 79.9. The van der Waals surface area contributed by atoms with Crippen LogP contribution in [0.2, 0.25) is 0 Å². The summed E-state index contributed by atoms with van der Waals surface area (Å²) in [6.45, 7) is 4.00. The molecular weight excluding hydrogens is 316 g/mol.